The molecule has 1 fully saturated rings. The van der Waals surface area contributed by atoms with E-state index in [1.165, 1.54) is 6.08 Å². The lowest BCUT2D eigenvalue weighted by Gasteiger charge is -2.29. The van der Waals surface area contributed by atoms with Crippen molar-refractivity contribution in [2.45, 2.75) is 0 Å². The molecule has 0 atom stereocenters. The number of phenolic OH excluding ortho intramolecular Hbond substituents is 3. The molecule has 4 N–H and O–H groups in total. The van der Waals surface area contributed by atoms with Crippen molar-refractivity contribution in [3.8, 4) is 28.7 Å². The first-order chi connectivity index (χ1) is 15.3. The number of aromatic hydroxyl groups is 3. The van der Waals surface area contributed by atoms with Crippen LogP contribution in [0.3, 0.4) is 0 Å². The molecule has 0 aliphatic carbocycles. The lowest BCUT2D eigenvalue weighted by atomic mass is 10.1. The Hall–Kier alpha value is -4.37. The van der Waals surface area contributed by atoms with E-state index >= 15 is 0 Å². The van der Waals surface area contributed by atoms with Crippen LogP contribution in [0.4, 0.5) is 5.69 Å². The molecular formula is C23H16N2O6S. The number of nitrogens with one attached hydrogen (secondary N) is 1. The molecule has 3 aromatic rings. The van der Waals surface area contributed by atoms with Crippen molar-refractivity contribution in [1.82, 2.24) is 5.32 Å². The minimum Gasteiger partial charge on any atom is -0.504 e. The van der Waals surface area contributed by atoms with E-state index in [2.05, 4.69) is 5.32 Å². The highest BCUT2D eigenvalue weighted by atomic mass is 32.1. The van der Waals surface area contributed by atoms with Gasteiger partial charge < -0.3 is 20.1 Å². The molecular weight excluding hydrogens is 432 g/mol. The highest BCUT2D eigenvalue weighted by Crippen LogP contribution is 2.36. The predicted octanol–water partition coefficient (Wildman–Crippen LogP) is 3.43. The number of benzene rings is 3. The van der Waals surface area contributed by atoms with E-state index in [0.717, 1.165) is 17.0 Å². The summed E-state index contributed by atoms with van der Waals surface area (Å²) in [5, 5.41) is 31.2. The minimum atomic E-state index is -0.729. The van der Waals surface area contributed by atoms with Gasteiger partial charge in [-0.25, -0.2) is 0 Å². The number of amides is 2. The first-order valence-corrected chi connectivity index (χ1v) is 9.73. The second-order valence-electron chi connectivity index (χ2n) is 6.77. The Morgan fingerprint density at radius 1 is 0.875 bits per heavy atom. The molecule has 8 nitrogen and oxygen atoms in total. The third kappa shape index (κ3) is 4.09. The number of carbonyl (C=O) groups is 2. The van der Waals surface area contributed by atoms with Gasteiger partial charge in [-0.05, 0) is 72.4 Å². The van der Waals surface area contributed by atoms with Crippen LogP contribution in [0.2, 0.25) is 0 Å². The van der Waals surface area contributed by atoms with Gasteiger partial charge in [0.1, 0.15) is 17.1 Å². The molecule has 32 heavy (non-hydrogen) atoms. The maximum atomic E-state index is 13.1. The van der Waals surface area contributed by atoms with Crippen LogP contribution in [0, 0.1) is 0 Å². The van der Waals surface area contributed by atoms with E-state index in [-0.39, 0.29) is 16.2 Å². The van der Waals surface area contributed by atoms with Crippen molar-refractivity contribution >= 4 is 40.9 Å². The van der Waals surface area contributed by atoms with Crippen LogP contribution in [-0.4, -0.2) is 32.2 Å². The molecule has 0 unspecified atom stereocenters. The molecule has 0 spiro atoms. The zero-order valence-corrected chi connectivity index (χ0v) is 17.2. The molecule has 0 saturated carbocycles. The Balaban J connectivity index is 1.62. The van der Waals surface area contributed by atoms with E-state index in [4.69, 9.17) is 17.0 Å². The van der Waals surface area contributed by atoms with Crippen molar-refractivity contribution in [2.75, 3.05) is 4.90 Å². The minimum absolute atomic E-state index is 0.0923. The van der Waals surface area contributed by atoms with Crippen molar-refractivity contribution in [2.24, 2.45) is 0 Å². The molecule has 4 rings (SSSR count). The van der Waals surface area contributed by atoms with E-state index < -0.39 is 29.1 Å². The van der Waals surface area contributed by atoms with Crippen LogP contribution in [0.5, 0.6) is 28.7 Å². The van der Waals surface area contributed by atoms with Gasteiger partial charge in [-0.2, -0.15) is 0 Å². The number of anilines is 1. The summed E-state index contributed by atoms with van der Waals surface area (Å²) < 4.78 is 5.74. The van der Waals surface area contributed by atoms with Crippen molar-refractivity contribution in [1.29, 1.82) is 0 Å². The van der Waals surface area contributed by atoms with E-state index in [1.54, 1.807) is 24.3 Å². The van der Waals surface area contributed by atoms with Gasteiger partial charge in [0.15, 0.2) is 22.4 Å². The number of phenols is 3. The summed E-state index contributed by atoms with van der Waals surface area (Å²) in [6.45, 7) is 0. The van der Waals surface area contributed by atoms with Crippen LogP contribution >= 0.6 is 12.2 Å². The second kappa shape index (κ2) is 8.40. The fraction of sp³-hybridized carbons (Fsp3) is 0. The summed E-state index contributed by atoms with van der Waals surface area (Å²) in [5.41, 5.74) is 0.270. The fourth-order valence-corrected chi connectivity index (χ4v) is 3.34. The third-order valence-corrected chi connectivity index (χ3v) is 4.86. The number of thiocarbonyl (C=S) groups is 1. The molecule has 9 heteroatoms. The van der Waals surface area contributed by atoms with Gasteiger partial charge >= 0.3 is 0 Å². The van der Waals surface area contributed by atoms with Crippen molar-refractivity contribution in [3.63, 3.8) is 0 Å². The van der Waals surface area contributed by atoms with Gasteiger partial charge in [0, 0.05) is 0 Å². The Morgan fingerprint density at radius 2 is 1.47 bits per heavy atom. The van der Waals surface area contributed by atoms with Crippen LogP contribution in [0.25, 0.3) is 6.08 Å². The molecule has 1 saturated heterocycles. The summed E-state index contributed by atoms with van der Waals surface area (Å²) in [6, 6.07) is 18.0. The lowest BCUT2D eigenvalue weighted by molar-refractivity contribution is -0.122. The van der Waals surface area contributed by atoms with Crippen LogP contribution in [0.1, 0.15) is 5.56 Å². The van der Waals surface area contributed by atoms with Gasteiger partial charge in [-0.1, -0.05) is 18.2 Å². The quantitative estimate of drug-likeness (QED) is 0.209. The number of carbonyl (C=O) groups excluding carboxylic acids is 2. The van der Waals surface area contributed by atoms with Crippen molar-refractivity contribution in [3.05, 3.63) is 77.9 Å². The standard InChI is InChI=1S/C23H16N2O6S/c26-18-11-13(12-19(27)20(18)28)10-17-21(29)24-23(32)25(22(17)30)14-6-8-16(9-7-14)31-15-4-2-1-3-5-15/h1-12,26-28H,(H,24,29,32). The summed E-state index contributed by atoms with van der Waals surface area (Å²) in [7, 11) is 0. The second-order valence-corrected chi connectivity index (χ2v) is 7.16. The molecule has 1 aliphatic rings. The zero-order valence-electron chi connectivity index (χ0n) is 16.4. The molecule has 3 aromatic carbocycles. The van der Waals surface area contributed by atoms with Gasteiger partial charge in [-0.15, -0.1) is 0 Å². The van der Waals surface area contributed by atoms with Gasteiger partial charge in [0.25, 0.3) is 11.8 Å². The Morgan fingerprint density at radius 3 is 2.09 bits per heavy atom. The first-order valence-electron chi connectivity index (χ1n) is 9.33. The first kappa shape index (κ1) is 20.9. The molecule has 0 radical (unpaired) electrons. The molecule has 1 aliphatic heterocycles. The average molecular weight is 448 g/mol. The Labute approximate surface area is 187 Å². The number of hydrogen-bond donors (Lipinski definition) is 4. The smallest absolute Gasteiger partial charge is 0.270 e. The molecule has 1 heterocycles. The van der Waals surface area contributed by atoms with E-state index in [1.807, 2.05) is 30.3 Å². The monoisotopic (exact) mass is 448 g/mol. The number of ether oxygens (including phenoxy) is 1. The summed E-state index contributed by atoms with van der Waals surface area (Å²) in [6.07, 6.45) is 1.18. The van der Waals surface area contributed by atoms with E-state index in [0.29, 0.717) is 17.2 Å². The largest absolute Gasteiger partial charge is 0.504 e. The summed E-state index contributed by atoms with van der Waals surface area (Å²) in [4.78, 5) is 26.6. The number of rotatable bonds is 4. The Bertz CT molecular complexity index is 1230. The highest BCUT2D eigenvalue weighted by Gasteiger charge is 2.34. The summed E-state index contributed by atoms with van der Waals surface area (Å²) >= 11 is 5.18. The van der Waals surface area contributed by atoms with Crippen LogP contribution in [0.15, 0.2) is 72.3 Å². The van der Waals surface area contributed by atoms with Gasteiger partial charge in [0.2, 0.25) is 0 Å². The zero-order chi connectivity index (χ0) is 22.8. The number of nitrogens with zero attached hydrogens (tertiary/aromatic N) is 1. The fourth-order valence-electron chi connectivity index (χ4n) is 3.06. The highest BCUT2D eigenvalue weighted by molar-refractivity contribution is 7.80. The maximum Gasteiger partial charge on any atom is 0.270 e. The Kier molecular flexibility index (Phi) is 5.48. The molecule has 2 amide bonds. The molecule has 0 aromatic heterocycles. The predicted molar refractivity (Wildman–Crippen MR) is 121 cm³/mol. The van der Waals surface area contributed by atoms with Crippen LogP contribution < -0.4 is 15.0 Å². The topological polar surface area (TPSA) is 119 Å². The third-order valence-electron chi connectivity index (χ3n) is 4.58. The molecule has 0 bridgehead atoms. The SMILES string of the molecule is O=C1NC(=S)N(c2ccc(Oc3ccccc3)cc2)C(=O)C1=Cc1cc(O)c(O)c(O)c1. The van der Waals surface area contributed by atoms with Crippen LogP contribution in [-0.2, 0) is 9.59 Å². The lowest BCUT2D eigenvalue weighted by Crippen LogP contribution is -2.54. The normalized spacial score (nSPS) is 15.1. The van der Waals surface area contributed by atoms with Gasteiger partial charge in [-0.3, -0.25) is 19.8 Å². The summed E-state index contributed by atoms with van der Waals surface area (Å²) in [5.74, 6) is -2.11. The van der Waals surface area contributed by atoms with Crippen molar-refractivity contribution < 1.29 is 29.6 Å². The number of para-hydroxylation sites is 1. The van der Waals surface area contributed by atoms with E-state index in [9.17, 15) is 24.9 Å². The van der Waals surface area contributed by atoms with Gasteiger partial charge in [0.05, 0.1) is 5.69 Å². The molecule has 160 valence electrons. The average Bonchev–Trinajstić information content (AvgIpc) is 2.76. The number of hydrogen-bond acceptors (Lipinski definition) is 7. The maximum absolute atomic E-state index is 13.1.